The molecule has 2 N–H and O–H groups in total. The molecule has 0 radical (unpaired) electrons. The molecule has 0 atom stereocenters. The van der Waals surface area contributed by atoms with Gasteiger partial charge in [-0.2, -0.15) is 4.98 Å². The first-order chi connectivity index (χ1) is 10.7. The smallest absolute Gasteiger partial charge is 0.257 e. The lowest BCUT2D eigenvalue weighted by molar-refractivity contribution is 0.229. The van der Waals surface area contributed by atoms with Crippen LogP contribution in [0.1, 0.15) is 36.5 Å². The number of nitrogens with two attached hydrogens (primary N) is 1. The highest BCUT2D eigenvalue weighted by molar-refractivity contribution is 5.85. The molecular weight excluding hydrogens is 318 g/mol. The van der Waals surface area contributed by atoms with E-state index < -0.39 is 5.54 Å². The standard InChI is InChI=1S/C16H17N3O3.ClH/c1-20-12-5-2-4-10-8-11(9-21-13(10)12)14-18-15(19-22-14)16(17)6-3-7-16;/h2,4-5,8H,3,6-7,9,17H2,1H3;1H. The Labute approximate surface area is 140 Å². The van der Waals surface area contributed by atoms with Gasteiger partial charge in [0.1, 0.15) is 6.61 Å². The van der Waals surface area contributed by atoms with Crippen molar-refractivity contribution in [1.29, 1.82) is 0 Å². The summed E-state index contributed by atoms with van der Waals surface area (Å²) >= 11 is 0. The van der Waals surface area contributed by atoms with E-state index >= 15 is 0 Å². The second kappa shape index (κ2) is 5.86. The van der Waals surface area contributed by atoms with Gasteiger partial charge >= 0.3 is 0 Å². The molecule has 0 saturated heterocycles. The van der Waals surface area contributed by atoms with Crippen LogP contribution in [-0.2, 0) is 5.54 Å². The lowest BCUT2D eigenvalue weighted by Crippen LogP contribution is -2.44. The van der Waals surface area contributed by atoms with E-state index in [4.69, 9.17) is 19.7 Å². The van der Waals surface area contributed by atoms with Gasteiger partial charge in [-0.25, -0.2) is 0 Å². The zero-order chi connectivity index (χ0) is 15.2. The average Bonchev–Trinajstić information content (AvgIpc) is 3.01. The maximum Gasteiger partial charge on any atom is 0.257 e. The van der Waals surface area contributed by atoms with Crippen LogP contribution in [0.5, 0.6) is 11.5 Å². The first-order valence-corrected chi connectivity index (χ1v) is 7.33. The van der Waals surface area contributed by atoms with Crippen molar-refractivity contribution >= 4 is 24.1 Å². The van der Waals surface area contributed by atoms with Crippen molar-refractivity contribution in [1.82, 2.24) is 10.1 Å². The number of benzene rings is 1. The number of ether oxygens (including phenoxy) is 2. The van der Waals surface area contributed by atoms with Crippen molar-refractivity contribution in [3.8, 4) is 11.5 Å². The van der Waals surface area contributed by atoms with E-state index in [2.05, 4.69) is 10.1 Å². The molecule has 4 rings (SSSR count). The highest BCUT2D eigenvalue weighted by atomic mass is 35.5. The van der Waals surface area contributed by atoms with E-state index in [1.54, 1.807) is 7.11 Å². The molecule has 1 aliphatic heterocycles. The summed E-state index contributed by atoms with van der Waals surface area (Å²) in [5, 5.41) is 4.04. The van der Waals surface area contributed by atoms with Crippen LogP contribution in [0.25, 0.3) is 11.6 Å². The van der Waals surface area contributed by atoms with Gasteiger partial charge < -0.3 is 19.7 Å². The third-order valence-corrected chi connectivity index (χ3v) is 4.32. The Morgan fingerprint density at radius 1 is 1.30 bits per heavy atom. The molecule has 7 heteroatoms. The number of nitrogens with zero attached hydrogens (tertiary/aromatic N) is 2. The summed E-state index contributed by atoms with van der Waals surface area (Å²) in [6, 6.07) is 5.75. The number of para-hydroxylation sites is 1. The van der Waals surface area contributed by atoms with Crippen LogP contribution in [0.2, 0.25) is 0 Å². The van der Waals surface area contributed by atoms with Crippen molar-refractivity contribution in [3.05, 3.63) is 35.5 Å². The Morgan fingerprint density at radius 3 is 2.83 bits per heavy atom. The third kappa shape index (κ3) is 2.58. The molecule has 1 saturated carbocycles. The summed E-state index contributed by atoms with van der Waals surface area (Å²) in [7, 11) is 1.63. The minimum atomic E-state index is -0.418. The van der Waals surface area contributed by atoms with Crippen LogP contribution >= 0.6 is 12.4 Å². The zero-order valence-electron chi connectivity index (χ0n) is 12.7. The number of aromatic nitrogens is 2. The fourth-order valence-corrected chi connectivity index (χ4v) is 2.80. The molecule has 1 fully saturated rings. The summed E-state index contributed by atoms with van der Waals surface area (Å²) in [5.41, 5.74) is 7.60. The molecule has 1 aromatic heterocycles. The highest BCUT2D eigenvalue weighted by Crippen LogP contribution is 2.39. The van der Waals surface area contributed by atoms with Crippen LogP contribution in [-0.4, -0.2) is 23.9 Å². The quantitative estimate of drug-likeness (QED) is 0.928. The molecular formula is C16H18ClN3O3. The summed E-state index contributed by atoms with van der Waals surface area (Å²) < 4.78 is 16.5. The van der Waals surface area contributed by atoms with E-state index in [0.717, 1.165) is 41.9 Å². The molecule has 6 nitrogen and oxygen atoms in total. The number of hydrogen-bond donors (Lipinski definition) is 1. The van der Waals surface area contributed by atoms with E-state index in [1.165, 1.54) is 0 Å². The van der Waals surface area contributed by atoms with E-state index in [-0.39, 0.29) is 12.4 Å². The Balaban J connectivity index is 0.00000156. The number of fused-ring (bicyclic) bond motifs is 1. The van der Waals surface area contributed by atoms with Gasteiger partial charge in [-0.15, -0.1) is 12.4 Å². The first kappa shape index (κ1) is 15.8. The number of hydrogen-bond acceptors (Lipinski definition) is 6. The Morgan fingerprint density at radius 2 is 2.13 bits per heavy atom. The number of halogens is 1. The predicted octanol–water partition coefficient (Wildman–Crippen LogP) is 2.77. The minimum absolute atomic E-state index is 0. The van der Waals surface area contributed by atoms with Gasteiger partial charge in [-0.3, -0.25) is 0 Å². The summed E-state index contributed by atoms with van der Waals surface area (Å²) in [4.78, 5) is 4.46. The van der Waals surface area contributed by atoms with Gasteiger partial charge in [0, 0.05) is 5.56 Å². The molecule has 2 heterocycles. The Kier molecular flexibility index (Phi) is 4.04. The highest BCUT2D eigenvalue weighted by Gasteiger charge is 2.39. The van der Waals surface area contributed by atoms with Gasteiger partial charge in [-0.05, 0) is 31.4 Å². The van der Waals surface area contributed by atoms with Crippen molar-refractivity contribution in [2.75, 3.05) is 13.7 Å². The molecule has 0 unspecified atom stereocenters. The molecule has 0 spiro atoms. The van der Waals surface area contributed by atoms with Crippen LogP contribution < -0.4 is 15.2 Å². The molecule has 0 bridgehead atoms. The Hall–Kier alpha value is -2.05. The SMILES string of the molecule is COc1cccc2c1OCC(c1nc(C3(N)CCC3)no1)=C2.Cl. The lowest BCUT2D eigenvalue weighted by Gasteiger charge is -2.34. The zero-order valence-corrected chi connectivity index (χ0v) is 13.6. The number of rotatable bonds is 3. The molecule has 0 amide bonds. The van der Waals surface area contributed by atoms with Crippen LogP contribution in [0.4, 0.5) is 0 Å². The molecule has 23 heavy (non-hydrogen) atoms. The van der Waals surface area contributed by atoms with Crippen molar-refractivity contribution < 1.29 is 14.0 Å². The van der Waals surface area contributed by atoms with Crippen molar-refractivity contribution in [2.45, 2.75) is 24.8 Å². The van der Waals surface area contributed by atoms with Crippen molar-refractivity contribution in [3.63, 3.8) is 0 Å². The van der Waals surface area contributed by atoms with Gasteiger partial charge in [0.15, 0.2) is 17.3 Å². The van der Waals surface area contributed by atoms with Gasteiger partial charge in [-0.1, -0.05) is 17.3 Å². The van der Waals surface area contributed by atoms with Crippen LogP contribution in [0, 0.1) is 0 Å². The van der Waals surface area contributed by atoms with Crippen LogP contribution in [0.3, 0.4) is 0 Å². The third-order valence-electron chi connectivity index (χ3n) is 4.32. The molecule has 1 aliphatic carbocycles. The molecule has 1 aromatic carbocycles. The fraction of sp³-hybridized carbons (Fsp3) is 0.375. The second-order valence-corrected chi connectivity index (χ2v) is 5.77. The monoisotopic (exact) mass is 335 g/mol. The van der Waals surface area contributed by atoms with Gasteiger partial charge in [0.05, 0.1) is 18.2 Å². The maximum absolute atomic E-state index is 6.23. The normalized spacial score (nSPS) is 17.9. The van der Waals surface area contributed by atoms with Crippen molar-refractivity contribution in [2.24, 2.45) is 5.73 Å². The maximum atomic E-state index is 6.23. The fourth-order valence-electron chi connectivity index (χ4n) is 2.80. The van der Waals surface area contributed by atoms with E-state index in [9.17, 15) is 0 Å². The first-order valence-electron chi connectivity index (χ1n) is 7.33. The van der Waals surface area contributed by atoms with E-state index in [1.807, 2.05) is 24.3 Å². The van der Waals surface area contributed by atoms with Crippen LogP contribution in [0.15, 0.2) is 22.7 Å². The summed E-state index contributed by atoms with van der Waals surface area (Å²) in [6.45, 7) is 0.368. The molecule has 2 aliphatic rings. The lowest BCUT2D eigenvalue weighted by atomic mass is 9.77. The summed E-state index contributed by atoms with van der Waals surface area (Å²) in [5.74, 6) is 2.52. The number of methoxy groups -OCH3 is 1. The largest absolute Gasteiger partial charge is 0.493 e. The molecule has 2 aromatic rings. The molecule has 122 valence electrons. The summed E-state index contributed by atoms with van der Waals surface area (Å²) in [6.07, 6.45) is 4.91. The van der Waals surface area contributed by atoms with E-state index in [0.29, 0.717) is 18.3 Å². The van der Waals surface area contributed by atoms with Gasteiger partial charge in [0.25, 0.3) is 5.89 Å². The van der Waals surface area contributed by atoms with Gasteiger partial charge in [0.2, 0.25) is 0 Å². The topological polar surface area (TPSA) is 83.4 Å². The minimum Gasteiger partial charge on any atom is -0.493 e. The Bertz CT molecular complexity index is 753. The second-order valence-electron chi connectivity index (χ2n) is 5.77. The average molecular weight is 336 g/mol. The predicted molar refractivity (Wildman–Crippen MR) is 87.6 cm³/mol.